The summed E-state index contributed by atoms with van der Waals surface area (Å²) in [5.41, 5.74) is 3.93. The van der Waals surface area contributed by atoms with E-state index in [-0.39, 0.29) is 17.9 Å². The van der Waals surface area contributed by atoms with Gasteiger partial charge in [0.1, 0.15) is 11.3 Å². The molecule has 3 atom stereocenters. The molecule has 0 N–H and O–H groups in total. The maximum absolute atomic E-state index is 12.6. The van der Waals surface area contributed by atoms with Gasteiger partial charge in [0.2, 0.25) is 0 Å². The van der Waals surface area contributed by atoms with Gasteiger partial charge in [-0.3, -0.25) is 4.68 Å². The third-order valence-corrected chi connectivity index (χ3v) is 8.07. The van der Waals surface area contributed by atoms with Gasteiger partial charge in [-0.1, -0.05) is 42.7 Å². The van der Waals surface area contributed by atoms with Crippen LogP contribution in [0.5, 0.6) is 5.75 Å². The Balaban J connectivity index is 1.29. The molecule has 9 heteroatoms. The number of aromatic nitrogens is 6. The maximum Gasteiger partial charge on any atom is 0.341 e. The van der Waals surface area contributed by atoms with Crippen molar-refractivity contribution >= 4 is 5.97 Å². The second-order valence-corrected chi connectivity index (χ2v) is 10.7. The van der Waals surface area contributed by atoms with Crippen molar-refractivity contribution in [2.24, 2.45) is 13.0 Å². The fourth-order valence-corrected chi connectivity index (χ4v) is 5.87. The number of methoxy groups -OCH3 is 1. The molecule has 2 aliphatic rings. The summed E-state index contributed by atoms with van der Waals surface area (Å²) in [4.78, 5) is 17.6. The molecule has 0 amide bonds. The van der Waals surface area contributed by atoms with Gasteiger partial charge in [0.15, 0.2) is 5.82 Å². The quantitative estimate of drug-likeness (QED) is 0.281. The van der Waals surface area contributed by atoms with Gasteiger partial charge in [0.05, 0.1) is 36.5 Å². The number of benzene rings is 1. The van der Waals surface area contributed by atoms with E-state index >= 15 is 0 Å². The minimum atomic E-state index is -0.408. The number of hydrogen-bond donors (Lipinski definition) is 0. The van der Waals surface area contributed by atoms with Crippen LogP contribution in [0.15, 0.2) is 54.9 Å². The molecular weight excluding hydrogens is 492 g/mol. The number of ether oxygens (including phenoxy) is 2. The van der Waals surface area contributed by atoms with Gasteiger partial charge in [0, 0.05) is 30.6 Å². The van der Waals surface area contributed by atoms with Crippen molar-refractivity contribution in [3.8, 4) is 22.8 Å². The number of hydrogen-bond acceptors (Lipinski definition) is 7. The number of esters is 1. The molecule has 0 aliphatic heterocycles. The monoisotopic (exact) mass is 526 g/mol. The van der Waals surface area contributed by atoms with Crippen LogP contribution < -0.4 is 4.74 Å². The first kappa shape index (κ1) is 25.3. The van der Waals surface area contributed by atoms with E-state index in [4.69, 9.17) is 14.5 Å². The molecule has 0 radical (unpaired) electrons. The summed E-state index contributed by atoms with van der Waals surface area (Å²) in [7, 11) is 3.24. The molecule has 0 spiro atoms. The Morgan fingerprint density at radius 1 is 1.08 bits per heavy atom. The van der Waals surface area contributed by atoms with Crippen LogP contribution in [0.3, 0.4) is 0 Å². The molecule has 0 bridgehead atoms. The predicted octanol–water partition coefficient (Wildman–Crippen LogP) is 5.47. The van der Waals surface area contributed by atoms with Crippen molar-refractivity contribution in [3.63, 3.8) is 0 Å². The topological polar surface area (TPSA) is 96.9 Å². The highest BCUT2D eigenvalue weighted by molar-refractivity contribution is 5.91. The molecule has 6 rings (SSSR count). The van der Waals surface area contributed by atoms with Crippen LogP contribution in [0.25, 0.3) is 17.1 Å². The van der Waals surface area contributed by atoms with Crippen LogP contribution in [-0.2, 0) is 11.8 Å². The van der Waals surface area contributed by atoms with E-state index in [1.807, 2.05) is 49.6 Å². The lowest BCUT2D eigenvalue weighted by atomic mass is 9.86. The molecular formula is C30H34N6O3. The molecule has 3 heterocycles. The summed E-state index contributed by atoms with van der Waals surface area (Å²) >= 11 is 0. The van der Waals surface area contributed by atoms with Crippen molar-refractivity contribution in [1.29, 1.82) is 0 Å². The van der Waals surface area contributed by atoms with E-state index in [9.17, 15) is 4.79 Å². The molecule has 3 aromatic heterocycles. The first-order valence-corrected chi connectivity index (χ1v) is 13.8. The normalized spacial score (nSPS) is 20.0. The average molecular weight is 527 g/mol. The van der Waals surface area contributed by atoms with Crippen LogP contribution in [-0.4, -0.2) is 48.9 Å². The number of rotatable bonds is 8. The lowest BCUT2D eigenvalue weighted by Gasteiger charge is -2.28. The zero-order valence-corrected chi connectivity index (χ0v) is 22.7. The minimum absolute atomic E-state index is 0.0711. The summed E-state index contributed by atoms with van der Waals surface area (Å²) in [5.74, 6) is 1.94. The lowest BCUT2D eigenvalue weighted by Crippen LogP contribution is -2.25. The predicted molar refractivity (Wildman–Crippen MR) is 146 cm³/mol. The SMILES string of the molecule is COC(=O)c1cnn(-c2cccc(-c3cccc(OC(C)C4CCCCC4)c3)n2)c1C1CC1c1cn(C)nn1. The fourth-order valence-electron chi connectivity index (χ4n) is 5.87. The smallest absolute Gasteiger partial charge is 0.341 e. The van der Waals surface area contributed by atoms with Crippen LogP contribution in [0, 0.1) is 5.92 Å². The lowest BCUT2D eigenvalue weighted by molar-refractivity contribution is 0.0599. The number of carbonyl (C=O) groups is 1. The molecule has 2 fully saturated rings. The summed E-state index contributed by atoms with van der Waals surface area (Å²) in [6, 6.07) is 14.0. The highest BCUT2D eigenvalue weighted by Gasteiger charge is 2.46. The molecule has 3 unspecified atom stereocenters. The van der Waals surface area contributed by atoms with Crippen molar-refractivity contribution in [2.75, 3.05) is 7.11 Å². The van der Waals surface area contributed by atoms with E-state index < -0.39 is 5.97 Å². The van der Waals surface area contributed by atoms with Gasteiger partial charge in [-0.15, -0.1) is 5.10 Å². The summed E-state index contributed by atoms with van der Waals surface area (Å²) in [5, 5.41) is 12.9. The molecule has 4 aromatic rings. The molecule has 1 aromatic carbocycles. The van der Waals surface area contributed by atoms with Crippen LogP contribution in [0.1, 0.15) is 79.0 Å². The van der Waals surface area contributed by atoms with Gasteiger partial charge in [-0.05, 0) is 56.4 Å². The molecule has 202 valence electrons. The van der Waals surface area contributed by atoms with Gasteiger partial charge in [-0.25, -0.2) is 14.5 Å². The Morgan fingerprint density at radius 3 is 2.67 bits per heavy atom. The largest absolute Gasteiger partial charge is 0.490 e. The van der Waals surface area contributed by atoms with Crippen molar-refractivity contribution in [1.82, 2.24) is 29.8 Å². The number of pyridine rings is 1. The van der Waals surface area contributed by atoms with Crippen molar-refractivity contribution in [2.45, 2.75) is 63.4 Å². The van der Waals surface area contributed by atoms with Gasteiger partial charge < -0.3 is 9.47 Å². The Bertz CT molecular complexity index is 1470. The average Bonchev–Trinajstić information content (AvgIpc) is 3.42. The van der Waals surface area contributed by atoms with Gasteiger partial charge in [-0.2, -0.15) is 5.10 Å². The first-order chi connectivity index (χ1) is 19.0. The van der Waals surface area contributed by atoms with E-state index in [0.29, 0.717) is 17.3 Å². The summed E-state index contributed by atoms with van der Waals surface area (Å²) < 4.78 is 14.9. The molecule has 2 aliphatic carbocycles. The van der Waals surface area contributed by atoms with Crippen molar-refractivity contribution < 1.29 is 14.3 Å². The van der Waals surface area contributed by atoms with Gasteiger partial charge in [0.25, 0.3) is 0 Å². The Hall–Kier alpha value is -4.01. The highest BCUT2D eigenvalue weighted by Crippen LogP contribution is 2.55. The molecule has 9 nitrogen and oxygen atoms in total. The highest BCUT2D eigenvalue weighted by atomic mass is 16.5. The zero-order chi connectivity index (χ0) is 26.9. The number of carbonyl (C=O) groups excluding carboxylic acids is 1. The Labute approximate surface area is 228 Å². The molecule has 39 heavy (non-hydrogen) atoms. The van der Waals surface area contributed by atoms with E-state index in [1.54, 1.807) is 15.6 Å². The van der Waals surface area contributed by atoms with Crippen molar-refractivity contribution in [3.05, 3.63) is 71.8 Å². The second-order valence-electron chi connectivity index (χ2n) is 10.7. The number of aryl methyl sites for hydroxylation is 1. The first-order valence-electron chi connectivity index (χ1n) is 13.8. The maximum atomic E-state index is 12.6. The van der Waals surface area contributed by atoms with E-state index in [2.05, 4.69) is 28.4 Å². The summed E-state index contributed by atoms with van der Waals surface area (Å²) in [6.07, 6.45) is 10.9. The Kier molecular flexibility index (Phi) is 6.89. The molecule has 0 saturated heterocycles. The van der Waals surface area contributed by atoms with E-state index in [1.165, 1.54) is 39.2 Å². The van der Waals surface area contributed by atoms with E-state index in [0.717, 1.165) is 34.8 Å². The standard InChI is InChI=1S/C30H34N6O3/c1-19(20-9-5-4-6-10-20)39-22-12-7-11-21(15-22)26-13-8-14-28(32-26)36-29(25(17-31-36)30(37)38-3)24-16-23(24)27-18-35(2)34-33-27/h7-8,11-15,17-20,23-24H,4-6,9-10,16H2,1-3H3. The summed E-state index contributed by atoms with van der Waals surface area (Å²) in [6.45, 7) is 2.19. The van der Waals surface area contributed by atoms with Crippen LogP contribution in [0.4, 0.5) is 0 Å². The second kappa shape index (κ2) is 10.6. The van der Waals surface area contributed by atoms with Crippen LogP contribution in [0.2, 0.25) is 0 Å². The minimum Gasteiger partial charge on any atom is -0.490 e. The third-order valence-electron chi connectivity index (χ3n) is 8.07. The Morgan fingerprint density at radius 2 is 1.90 bits per heavy atom. The van der Waals surface area contributed by atoms with Crippen LogP contribution >= 0.6 is 0 Å². The third kappa shape index (κ3) is 5.17. The fraction of sp³-hybridized carbons (Fsp3) is 0.433. The van der Waals surface area contributed by atoms with Gasteiger partial charge >= 0.3 is 5.97 Å². The zero-order valence-electron chi connectivity index (χ0n) is 22.7. The number of nitrogens with zero attached hydrogens (tertiary/aromatic N) is 6. The molecule has 2 saturated carbocycles.